The second kappa shape index (κ2) is 33.1. The van der Waals surface area contributed by atoms with Crippen LogP contribution in [0.4, 0.5) is 0 Å². The van der Waals surface area contributed by atoms with E-state index in [0.29, 0.717) is 0 Å². The van der Waals surface area contributed by atoms with Gasteiger partial charge in [-0.1, -0.05) is 194 Å². The van der Waals surface area contributed by atoms with Crippen LogP contribution in [-0.2, 0) is 0 Å². The molecule has 0 saturated carbocycles. The van der Waals surface area contributed by atoms with E-state index in [2.05, 4.69) is 13.8 Å². The number of unbranched alkanes of at least 4 members (excludes halogenated alkanes) is 22. The zero-order valence-electron chi connectivity index (χ0n) is 26.9. The Hall–Kier alpha value is -0.0800. The van der Waals surface area contributed by atoms with Crippen molar-refractivity contribution >= 4 is 0 Å². The van der Waals surface area contributed by atoms with Crippen molar-refractivity contribution in [1.29, 1.82) is 0 Å². The third-order valence-electron chi connectivity index (χ3n) is 9.08. The van der Waals surface area contributed by atoms with Crippen molar-refractivity contribution in [3.63, 3.8) is 0 Å². The SMILES string of the molecule is CCCCCCCCC(CCCCCCCCCN)C(CCCCCCCC)CCCCCCCCCN. The minimum Gasteiger partial charge on any atom is -0.330 e. The highest BCUT2D eigenvalue weighted by Crippen LogP contribution is 2.33. The predicted octanol–water partition coefficient (Wildman–Crippen LogP) is 11.9. The Morgan fingerprint density at radius 3 is 0.737 bits per heavy atom. The fourth-order valence-corrected chi connectivity index (χ4v) is 6.47. The first-order valence-corrected chi connectivity index (χ1v) is 18.2. The second-order valence-corrected chi connectivity index (χ2v) is 12.7. The van der Waals surface area contributed by atoms with E-state index in [1.807, 2.05) is 0 Å². The molecule has 2 nitrogen and oxygen atoms in total. The van der Waals surface area contributed by atoms with E-state index in [4.69, 9.17) is 11.5 Å². The van der Waals surface area contributed by atoms with E-state index in [0.717, 1.165) is 24.9 Å². The summed E-state index contributed by atoms with van der Waals surface area (Å²) in [5, 5.41) is 0. The fraction of sp³-hybridized carbons (Fsp3) is 1.00. The molecule has 0 spiro atoms. The summed E-state index contributed by atoms with van der Waals surface area (Å²) in [6.07, 6.45) is 42.9. The first-order chi connectivity index (χ1) is 18.8. The summed E-state index contributed by atoms with van der Waals surface area (Å²) in [6.45, 7) is 6.41. The summed E-state index contributed by atoms with van der Waals surface area (Å²) in [5.41, 5.74) is 11.3. The molecule has 2 atom stereocenters. The van der Waals surface area contributed by atoms with Crippen LogP contribution in [0.3, 0.4) is 0 Å². The molecule has 0 heterocycles. The molecule has 38 heavy (non-hydrogen) atoms. The van der Waals surface area contributed by atoms with E-state index in [1.165, 1.54) is 193 Å². The Bertz CT molecular complexity index is 372. The molecule has 0 amide bonds. The van der Waals surface area contributed by atoms with Crippen LogP contribution in [0.25, 0.3) is 0 Å². The molecule has 0 aromatic carbocycles. The average Bonchev–Trinajstić information content (AvgIpc) is 2.93. The van der Waals surface area contributed by atoms with Gasteiger partial charge in [0.2, 0.25) is 0 Å². The van der Waals surface area contributed by atoms with Gasteiger partial charge in [-0.2, -0.15) is 0 Å². The molecule has 0 aliphatic carbocycles. The van der Waals surface area contributed by atoms with Gasteiger partial charge in [0.1, 0.15) is 0 Å². The molecule has 0 aliphatic heterocycles. The number of hydrogen-bond donors (Lipinski definition) is 2. The quantitative estimate of drug-likeness (QED) is 0.0819. The molecule has 0 fully saturated rings. The van der Waals surface area contributed by atoms with E-state index in [-0.39, 0.29) is 0 Å². The molecule has 4 N–H and O–H groups in total. The van der Waals surface area contributed by atoms with Crippen molar-refractivity contribution in [3.05, 3.63) is 0 Å². The zero-order chi connectivity index (χ0) is 27.8. The van der Waals surface area contributed by atoms with Crippen LogP contribution >= 0.6 is 0 Å². The van der Waals surface area contributed by atoms with Gasteiger partial charge in [-0.3, -0.25) is 0 Å². The summed E-state index contributed by atoms with van der Waals surface area (Å²) in [6, 6.07) is 0. The maximum atomic E-state index is 5.66. The Balaban J connectivity index is 4.68. The molecule has 0 aliphatic rings. The van der Waals surface area contributed by atoms with Gasteiger partial charge in [0, 0.05) is 0 Å². The highest BCUT2D eigenvalue weighted by molar-refractivity contribution is 4.72. The normalized spacial score (nSPS) is 13.3. The zero-order valence-corrected chi connectivity index (χ0v) is 26.9. The molecule has 2 heteroatoms. The largest absolute Gasteiger partial charge is 0.330 e. The highest BCUT2D eigenvalue weighted by atomic mass is 14.5. The molecular formula is C36H76N2. The van der Waals surface area contributed by atoms with Crippen LogP contribution in [0.2, 0.25) is 0 Å². The monoisotopic (exact) mass is 537 g/mol. The summed E-state index contributed by atoms with van der Waals surface area (Å²) in [5.74, 6) is 2.00. The standard InChI is InChI=1S/C36H76N2/c1-3-5-7-9-17-23-29-35(31-25-19-13-11-15-21-27-33-37)36(30-24-18-10-8-6-4-2)32-26-20-14-12-16-22-28-34-38/h35-36H,3-34,37-38H2,1-2H3. The van der Waals surface area contributed by atoms with Gasteiger partial charge in [0.05, 0.1) is 0 Å². The summed E-state index contributed by atoms with van der Waals surface area (Å²) in [4.78, 5) is 0. The van der Waals surface area contributed by atoms with Crippen LogP contribution in [0.5, 0.6) is 0 Å². The Morgan fingerprint density at radius 1 is 0.289 bits per heavy atom. The lowest BCUT2D eigenvalue weighted by Gasteiger charge is -2.28. The van der Waals surface area contributed by atoms with E-state index < -0.39 is 0 Å². The van der Waals surface area contributed by atoms with Gasteiger partial charge in [-0.25, -0.2) is 0 Å². The molecule has 0 rings (SSSR count). The molecule has 0 aromatic heterocycles. The van der Waals surface area contributed by atoms with Crippen LogP contribution in [0.15, 0.2) is 0 Å². The van der Waals surface area contributed by atoms with Crippen LogP contribution in [-0.4, -0.2) is 13.1 Å². The van der Waals surface area contributed by atoms with Crippen molar-refractivity contribution in [2.45, 2.75) is 206 Å². The number of nitrogens with two attached hydrogens (primary N) is 2. The van der Waals surface area contributed by atoms with Crippen molar-refractivity contribution in [2.24, 2.45) is 23.3 Å². The van der Waals surface area contributed by atoms with E-state index in [1.54, 1.807) is 0 Å². The third kappa shape index (κ3) is 27.5. The Kier molecular flexibility index (Phi) is 33.1. The van der Waals surface area contributed by atoms with Gasteiger partial charge < -0.3 is 11.5 Å². The van der Waals surface area contributed by atoms with Gasteiger partial charge in [-0.15, -0.1) is 0 Å². The Labute approximate surface area is 242 Å². The average molecular weight is 537 g/mol. The topological polar surface area (TPSA) is 52.0 Å². The maximum Gasteiger partial charge on any atom is -0.00773 e. The third-order valence-corrected chi connectivity index (χ3v) is 9.08. The number of hydrogen-bond acceptors (Lipinski definition) is 2. The van der Waals surface area contributed by atoms with Crippen molar-refractivity contribution in [2.75, 3.05) is 13.1 Å². The summed E-state index contributed by atoms with van der Waals surface area (Å²) < 4.78 is 0. The fourth-order valence-electron chi connectivity index (χ4n) is 6.47. The number of rotatable bonds is 33. The predicted molar refractivity (Wildman–Crippen MR) is 175 cm³/mol. The summed E-state index contributed by atoms with van der Waals surface area (Å²) in [7, 11) is 0. The summed E-state index contributed by atoms with van der Waals surface area (Å²) >= 11 is 0. The molecule has 0 bridgehead atoms. The molecule has 0 radical (unpaired) electrons. The van der Waals surface area contributed by atoms with E-state index >= 15 is 0 Å². The minimum absolute atomic E-state index is 0.869. The lowest BCUT2D eigenvalue weighted by molar-refractivity contribution is 0.236. The Morgan fingerprint density at radius 2 is 0.500 bits per heavy atom. The van der Waals surface area contributed by atoms with Gasteiger partial charge in [-0.05, 0) is 37.8 Å². The minimum atomic E-state index is 0.869. The molecule has 2 unspecified atom stereocenters. The van der Waals surface area contributed by atoms with Crippen LogP contribution in [0.1, 0.15) is 206 Å². The van der Waals surface area contributed by atoms with Crippen molar-refractivity contribution in [3.8, 4) is 0 Å². The molecule has 0 aromatic rings. The van der Waals surface area contributed by atoms with Gasteiger partial charge >= 0.3 is 0 Å². The first-order valence-electron chi connectivity index (χ1n) is 18.2. The van der Waals surface area contributed by atoms with Crippen LogP contribution in [0, 0.1) is 11.8 Å². The first kappa shape index (κ1) is 37.9. The van der Waals surface area contributed by atoms with Crippen molar-refractivity contribution in [1.82, 2.24) is 0 Å². The molecule has 230 valence electrons. The molecule has 0 saturated heterocycles. The maximum absolute atomic E-state index is 5.66. The molecular weight excluding hydrogens is 460 g/mol. The lowest BCUT2D eigenvalue weighted by atomic mass is 9.78. The van der Waals surface area contributed by atoms with Gasteiger partial charge in [0.25, 0.3) is 0 Å². The lowest BCUT2D eigenvalue weighted by Crippen LogP contribution is -2.16. The van der Waals surface area contributed by atoms with Crippen molar-refractivity contribution < 1.29 is 0 Å². The van der Waals surface area contributed by atoms with Crippen LogP contribution < -0.4 is 11.5 Å². The smallest absolute Gasteiger partial charge is 0.00773 e. The van der Waals surface area contributed by atoms with E-state index in [9.17, 15) is 0 Å². The van der Waals surface area contributed by atoms with Gasteiger partial charge in [0.15, 0.2) is 0 Å². The highest BCUT2D eigenvalue weighted by Gasteiger charge is 2.20. The second-order valence-electron chi connectivity index (χ2n) is 12.7.